The van der Waals surface area contributed by atoms with Gasteiger partial charge in [-0.05, 0) is 36.5 Å². The highest BCUT2D eigenvalue weighted by Crippen LogP contribution is 2.41. The molecule has 180 valence electrons. The van der Waals surface area contributed by atoms with E-state index in [0.717, 1.165) is 42.1 Å². The van der Waals surface area contributed by atoms with Crippen LogP contribution in [-0.4, -0.2) is 16.5 Å². The van der Waals surface area contributed by atoms with Gasteiger partial charge in [-0.15, -0.1) is 34.9 Å². The quantitative estimate of drug-likeness (QED) is 0.111. The van der Waals surface area contributed by atoms with Crippen LogP contribution in [0.5, 0.6) is 0 Å². The number of fused-ring (bicyclic) bond motifs is 2. The molecule has 0 amide bonds. The van der Waals surface area contributed by atoms with Gasteiger partial charge in [0, 0.05) is 11.0 Å². The Balaban J connectivity index is 1.72. The lowest BCUT2D eigenvalue weighted by molar-refractivity contribution is 0.627. The molecule has 0 N–H and O–H groups in total. The van der Waals surface area contributed by atoms with E-state index in [2.05, 4.69) is 32.0 Å². The molecule has 0 aromatic heterocycles. The van der Waals surface area contributed by atoms with Crippen LogP contribution in [0.3, 0.4) is 0 Å². The van der Waals surface area contributed by atoms with Gasteiger partial charge in [0.05, 0.1) is 25.7 Å². The van der Waals surface area contributed by atoms with Crippen molar-refractivity contribution in [3.8, 4) is 10.6 Å². The van der Waals surface area contributed by atoms with Gasteiger partial charge in [0.1, 0.15) is 0 Å². The van der Waals surface area contributed by atoms with Crippen LogP contribution in [0.25, 0.3) is 20.8 Å². The van der Waals surface area contributed by atoms with E-state index >= 15 is 0 Å². The highest BCUT2D eigenvalue weighted by atomic mass is 32.2. The highest BCUT2D eigenvalue weighted by Gasteiger charge is 2.20. The van der Waals surface area contributed by atoms with E-state index in [0.29, 0.717) is 0 Å². The number of hydrogen-bond acceptors (Lipinski definition) is 5. The molecule has 1 aliphatic carbocycles. The standard InChI is InChI=1S/C28H39NOS3/c1-3-5-7-9-11-15-19-31-25-21-23(30)27(32-20-16-12-10-8-6-4-2)28-26(25)29-22-17-13-14-18-24(22)33-28/h13-14,17-18,21H,3-12,15-16,19-20H2,1-2H3. The first kappa shape index (κ1) is 26.6. The summed E-state index contributed by atoms with van der Waals surface area (Å²) in [6.45, 7) is 4.51. The van der Waals surface area contributed by atoms with E-state index in [-0.39, 0.29) is 5.43 Å². The lowest BCUT2D eigenvalue weighted by Gasteiger charge is -2.15. The Labute approximate surface area is 212 Å². The van der Waals surface area contributed by atoms with Crippen LogP contribution in [0.15, 0.2) is 44.9 Å². The molecule has 2 nitrogen and oxygen atoms in total. The molecule has 0 atom stereocenters. The van der Waals surface area contributed by atoms with Crippen molar-refractivity contribution in [1.82, 2.24) is 4.98 Å². The predicted molar refractivity (Wildman–Crippen MR) is 151 cm³/mol. The number of rotatable bonds is 16. The second-order valence-electron chi connectivity index (χ2n) is 8.79. The molecule has 1 aromatic carbocycles. The van der Waals surface area contributed by atoms with Crippen LogP contribution < -0.4 is 5.43 Å². The van der Waals surface area contributed by atoms with E-state index in [4.69, 9.17) is 4.98 Å². The molecular formula is C28H39NOS3. The molecule has 0 bridgehead atoms. The summed E-state index contributed by atoms with van der Waals surface area (Å²) in [5, 5.41) is 0. The molecule has 2 aliphatic rings. The Morgan fingerprint density at radius 1 is 0.788 bits per heavy atom. The summed E-state index contributed by atoms with van der Waals surface area (Å²) >= 11 is 5.30. The molecule has 0 spiro atoms. The smallest absolute Gasteiger partial charge is 0.194 e. The summed E-state index contributed by atoms with van der Waals surface area (Å²) < 4.78 is 1.16. The highest BCUT2D eigenvalue weighted by molar-refractivity contribution is 8.00. The predicted octanol–water partition coefficient (Wildman–Crippen LogP) is 9.67. The lowest BCUT2D eigenvalue weighted by atomic mass is 10.1. The Hall–Kier alpha value is -1.04. The fraction of sp³-hybridized carbons (Fsp3) is 0.571. The third-order valence-electron chi connectivity index (χ3n) is 5.95. The molecular weight excluding hydrogens is 463 g/mol. The number of thioether (sulfide) groups is 2. The fourth-order valence-corrected chi connectivity index (χ4v) is 7.44. The Kier molecular flexibility index (Phi) is 12.1. The molecule has 0 saturated carbocycles. The number of nitrogens with zero attached hydrogens (tertiary/aromatic N) is 1. The van der Waals surface area contributed by atoms with Crippen molar-refractivity contribution in [3.05, 3.63) is 40.6 Å². The van der Waals surface area contributed by atoms with Crippen LogP contribution >= 0.6 is 34.9 Å². The van der Waals surface area contributed by atoms with Crippen molar-refractivity contribution < 1.29 is 0 Å². The Morgan fingerprint density at radius 2 is 1.39 bits per heavy atom. The summed E-state index contributed by atoms with van der Waals surface area (Å²) in [4.78, 5) is 21.2. The van der Waals surface area contributed by atoms with Crippen LogP contribution in [0.4, 0.5) is 0 Å². The first-order valence-electron chi connectivity index (χ1n) is 12.9. The Morgan fingerprint density at radius 3 is 2.09 bits per heavy atom. The largest absolute Gasteiger partial charge is 0.289 e. The zero-order chi connectivity index (χ0) is 23.3. The first-order valence-corrected chi connectivity index (χ1v) is 15.7. The summed E-state index contributed by atoms with van der Waals surface area (Å²) in [6.07, 6.45) is 15.5. The minimum Gasteiger partial charge on any atom is -0.289 e. The number of unbranched alkanes of at least 4 members (excludes halogenated alkanes) is 10. The molecule has 33 heavy (non-hydrogen) atoms. The molecule has 0 saturated heterocycles. The SMILES string of the molecule is CCCCCCCCSc1cc(=O)c(SCCCCCCCC)c2sc3ccccc3nc1-2. The van der Waals surface area contributed by atoms with Crippen LogP contribution in [0, 0.1) is 0 Å². The van der Waals surface area contributed by atoms with Crippen molar-refractivity contribution in [3.63, 3.8) is 0 Å². The zero-order valence-electron chi connectivity index (χ0n) is 20.4. The number of benzene rings is 2. The first-order chi connectivity index (χ1) is 16.2. The Bertz CT molecular complexity index is 1000. The third-order valence-corrected chi connectivity index (χ3v) is 9.55. The molecule has 3 rings (SSSR count). The van der Waals surface area contributed by atoms with Gasteiger partial charge in [0.15, 0.2) is 5.43 Å². The van der Waals surface area contributed by atoms with Crippen molar-refractivity contribution in [1.29, 1.82) is 0 Å². The second kappa shape index (κ2) is 15.1. The van der Waals surface area contributed by atoms with Gasteiger partial charge in [-0.25, -0.2) is 4.98 Å². The van der Waals surface area contributed by atoms with E-state index in [9.17, 15) is 4.79 Å². The maximum Gasteiger partial charge on any atom is 0.194 e. The maximum absolute atomic E-state index is 13.1. The van der Waals surface area contributed by atoms with Crippen molar-refractivity contribution in [2.45, 2.75) is 101 Å². The fourth-order valence-electron chi connectivity index (χ4n) is 4.02. The van der Waals surface area contributed by atoms with Crippen LogP contribution in [0.1, 0.15) is 90.9 Å². The van der Waals surface area contributed by atoms with Gasteiger partial charge in [-0.2, -0.15) is 0 Å². The number of hydrogen-bond donors (Lipinski definition) is 0. The monoisotopic (exact) mass is 501 g/mol. The lowest BCUT2D eigenvalue weighted by Crippen LogP contribution is -2.08. The van der Waals surface area contributed by atoms with E-state index < -0.39 is 0 Å². The normalized spacial score (nSPS) is 11.6. The van der Waals surface area contributed by atoms with Crippen molar-refractivity contribution in [2.75, 3.05) is 11.5 Å². The molecule has 0 unspecified atom stereocenters. The number of aromatic nitrogens is 1. The number of para-hydroxylation sites is 1. The summed E-state index contributed by atoms with van der Waals surface area (Å²) in [6, 6.07) is 10.2. The van der Waals surface area contributed by atoms with Gasteiger partial charge >= 0.3 is 0 Å². The molecule has 1 aromatic rings. The molecule has 1 heterocycles. The van der Waals surface area contributed by atoms with Crippen LogP contribution in [-0.2, 0) is 0 Å². The maximum atomic E-state index is 13.1. The average Bonchev–Trinajstić information content (AvgIpc) is 2.83. The van der Waals surface area contributed by atoms with Gasteiger partial charge in [-0.3, -0.25) is 4.79 Å². The van der Waals surface area contributed by atoms with Crippen LogP contribution in [0.2, 0.25) is 0 Å². The molecule has 0 radical (unpaired) electrons. The van der Waals surface area contributed by atoms with Crippen molar-refractivity contribution >= 4 is 45.1 Å². The van der Waals surface area contributed by atoms with Gasteiger partial charge in [0.2, 0.25) is 0 Å². The average molecular weight is 502 g/mol. The van der Waals surface area contributed by atoms with E-state index in [1.165, 1.54) is 77.0 Å². The van der Waals surface area contributed by atoms with Gasteiger partial charge in [0.25, 0.3) is 0 Å². The summed E-state index contributed by atoms with van der Waals surface area (Å²) in [7, 11) is 0. The van der Waals surface area contributed by atoms with E-state index in [1.807, 2.05) is 23.9 Å². The minimum absolute atomic E-state index is 0.178. The van der Waals surface area contributed by atoms with E-state index in [1.54, 1.807) is 23.1 Å². The molecule has 5 heteroatoms. The van der Waals surface area contributed by atoms with Crippen molar-refractivity contribution in [2.24, 2.45) is 0 Å². The van der Waals surface area contributed by atoms with Gasteiger partial charge in [-0.1, -0.05) is 90.2 Å². The minimum atomic E-state index is 0.178. The summed E-state index contributed by atoms with van der Waals surface area (Å²) in [5.41, 5.74) is 2.24. The zero-order valence-corrected chi connectivity index (χ0v) is 22.8. The summed E-state index contributed by atoms with van der Waals surface area (Å²) in [5.74, 6) is 2.07. The third kappa shape index (κ3) is 8.29. The second-order valence-corrected chi connectivity index (χ2v) is 12.1. The molecule has 0 fully saturated rings. The molecule has 1 aliphatic heterocycles. The topological polar surface area (TPSA) is 30.0 Å². The van der Waals surface area contributed by atoms with Gasteiger partial charge < -0.3 is 0 Å².